The molecular weight excluding hydrogens is 252 g/mol. The van der Waals surface area contributed by atoms with Gasteiger partial charge >= 0.3 is 0 Å². The maximum Gasteiger partial charge on any atom is 0.249 e. The molecule has 0 aromatic carbocycles. The van der Waals surface area contributed by atoms with Gasteiger partial charge in [0.05, 0.1) is 0 Å². The highest BCUT2D eigenvalue weighted by molar-refractivity contribution is 6.00. The Bertz CT molecular complexity index is 375. The van der Waals surface area contributed by atoms with Crippen molar-refractivity contribution in [1.82, 2.24) is 10.2 Å². The summed E-state index contributed by atoms with van der Waals surface area (Å²) in [5.41, 5.74) is -0.580. The van der Waals surface area contributed by atoms with E-state index in [2.05, 4.69) is 26.1 Å². The molecule has 1 aliphatic carbocycles. The number of rotatable bonds is 5. The van der Waals surface area contributed by atoms with Crippen molar-refractivity contribution in [1.29, 1.82) is 0 Å². The summed E-state index contributed by atoms with van der Waals surface area (Å²) in [5.74, 6) is 0.241. The normalized spacial score (nSPS) is 26.9. The number of carbonyl (C=O) groups is 2. The van der Waals surface area contributed by atoms with E-state index >= 15 is 0 Å². The standard InChI is InChI=1S/C16H28N2O2/c1-4-8-12(3)18-13(9-5-2)14(19)17-16(15(18)20)10-6-7-11-16/h12-13H,4-11H2,1-3H3,(H,17,19). The zero-order valence-corrected chi connectivity index (χ0v) is 13.1. The van der Waals surface area contributed by atoms with Gasteiger partial charge in [0.1, 0.15) is 11.6 Å². The third-order valence-electron chi connectivity index (χ3n) is 4.85. The maximum atomic E-state index is 13.0. The van der Waals surface area contributed by atoms with Crippen molar-refractivity contribution in [3.63, 3.8) is 0 Å². The molecule has 2 unspecified atom stereocenters. The van der Waals surface area contributed by atoms with Gasteiger partial charge in [-0.15, -0.1) is 0 Å². The molecule has 1 N–H and O–H groups in total. The van der Waals surface area contributed by atoms with Crippen LogP contribution in [-0.4, -0.2) is 34.3 Å². The van der Waals surface area contributed by atoms with Crippen molar-refractivity contribution in [3.8, 4) is 0 Å². The molecule has 2 rings (SSSR count). The van der Waals surface area contributed by atoms with Gasteiger partial charge < -0.3 is 10.2 Å². The SMILES string of the molecule is CCCC(C)N1C(=O)C2(CCCC2)NC(=O)C1CCC. The van der Waals surface area contributed by atoms with Gasteiger partial charge in [-0.1, -0.05) is 39.5 Å². The predicted molar refractivity (Wildman–Crippen MR) is 79.3 cm³/mol. The van der Waals surface area contributed by atoms with E-state index in [1.54, 1.807) is 0 Å². The molecule has 4 nitrogen and oxygen atoms in total. The molecule has 1 saturated carbocycles. The van der Waals surface area contributed by atoms with Crippen LogP contribution in [0.2, 0.25) is 0 Å². The third-order valence-corrected chi connectivity index (χ3v) is 4.85. The number of carbonyl (C=O) groups excluding carboxylic acids is 2. The summed E-state index contributed by atoms with van der Waals surface area (Å²) in [6, 6.07) is -0.104. The number of piperazine rings is 1. The molecule has 0 aromatic rings. The monoisotopic (exact) mass is 280 g/mol. The molecule has 0 radical (unpaired) electrons. The van der Waals surface area contributed by atoms with E-state index in [4.69, 9.17) is 0 Å². The van der Waals surface area contributed by atoms with Crippen molar-refractivity contribution in [3.05, 3.63) is 0 Å². The minimum absolute atomic E-state index is 0.0660. The molecule has 2 fully saturated rings. The summed E-state index contributed by atoms with van der Waals surface area (Å²) >= 11 is 0. The smallest absolute Gasteiger partial charge is 0.249 e. The van der Waals surface area contributed by atoms with E-state index < -0.39 is 5.54 Å². The van der Waals surface area contributed by atoms with Crippen molar-refractivity contribution in [2.24, 2.45) is 0 Å². The van der Waals surface area contributed by atoms with Crippen molar-refractivity contribution in [2.45, 2.75) is 89.8 Å². The number of nitrogens with one attached hydrogen (secondary N) is 1. The van der Waals surface area contributed by atoms with Gasteiger partial charge in [-0.25, -0.2) is 0 Å². The van der Waals surface area contributed by atoms with Crippen LogP contribution in [0.15, 0.2) is 0 Å². The fraction of sp³-hybridized carbons (Fsp3) is 0.875. The topological polar surface area (TPSA) is 49.4 Å². The lowest BCUT2D eigenvalue weighted by Gasteiger charge is -2.47. The molecule has 0 aromatic heterocycles. The van der Waals surface area contributed by atoms with Crippen LogP contribution in [0.3, 0.4) is 0 Å². The Balaban J connectivity index is 2.28. The Morgan fingerprint density at radius 1 is 1.25 bits per heavy atom. The van der Waals surface area contributed by atoms with Gasteiger partial charge in [0.15, 0.2) is 0 Å². The number of nitrogens with zero attached hydrogens (tertiary/aromatic N) is 1. The minimum atomic E-state index is -0.580. The van der Waals surface area contributed by atoms with Crippen LogP contribution in [0.5, 0.6) is 0 Å². The first kappa shape index (κ1) is 15.3. The Kier molecular flexibility index (Phi) is 4.71. The van der Waals surface area contributed by atoms with E-state index in [9.17, 15) is 9.59 Å². The Morgan fingerprint density at radius 2 is 1.90 bits per heavy atom. The number of amides is 2. The van der Waals surface area contributed by atoms with Gasteiger partial charge in [-0.2, -0.15) is 0 Å². The molecule has 0 bridgehead atoms. The number of hydrogen-bond acceptors (Lipinski definition) is 2. The maximum absolute atomic E-state index is 13.0. The Hall–Kier alpha value is -1.06. The summed E-state index contributed by atoms with van der Waals surface area (Å²) in [7, 11) is 0. The second-order valence-corrected chi connectivity index (χ2v) is 6.43. The van der Waals surface area contributed by atoms with E-state index in [1.165, 1.54) is 0 Å². The fourth-order valence-corrected chi connectivity index (χ4v) is 3.81. The molecule has 1 aliphatic heterocycles. The van der Waals surface area contributed by atoms with Gasteiger partial charge in [-0.05, 0) is 32.6 Å². The Morgan fingerprint density at radius 3 is 2.45 bits per heavy atom. The van der Waals surface area contributed by atoms with E-state index in [-0.39, 0.29) is 23.9 Å². The zero-order chi connectivity index (χ0) is 14.8. The highest BCUT2D eigenvalue weighted by Crippen LogP contribution is 2.36. The second kappa shape index (κ2) is 6.15. The summed E-state index contributed by atoms with van der Waals surface area (Å²) < 4.78 is 0. The summed E-state index contributed by atoms with van der Waals surface area (Å²) in [6.07, 6.45) is 7.40. The summed E-state index contributed by atoms with van der Waals surface area (Å²) in [4.78, 5) is 27.4. The van der Waals surface area contributed by atoms with Crippen LogP contribution in [0.1, 0.15) is 72.1 Å². The molecule has 114 valence electrons. The molecule has 20 heavy (non-hydrogen) atoms. The van der Waals surface area contributed by atoms with E-state index in [1.807, 2.05) is 4.90 Å². The highest BCUT2D eigenvalue weighted by Gasteiger charge is 2.52. The molecule has 1 heterocycles. The van der Waals surface area contributed by atoms with Crippen LogP contribution in [-0.2, 0) is 9.59 Å². The minimum Gasteiger partial charge on any atom is -0.340 e. The second-order valence-electron chi connectivity index (χ2n) is 6.43. The first-order chi connectivity index (χ1) is 9.55. The van der Waals surface area contributed by atoms with Crippen molar-refractivity contribution >= 4 is 11.8 Å². The zero-order valence-electron chi connectivity index (χ0n) is 13.1. The van der Waals surface area contributed by atoms with Crippen LogP contribution in [0.4, 0.5) is 0 Å². The fourth-order valence-electron chi connectivity index (χ4n) is 3.81. The van der Waals surface area contributed by atoms with Gasteiger partial charge in [0.25, 0.3) is 0 Å². The molecule has 2 atom stereocenters. The molecule has 4 heteroatoms. The van der Waals surface area contributed by atoms with Gasteiger partial charge in [0.2, 0.25) is 11.8 Å². The lowest BCUT2D eigenvalue weighted by Crippen LogP contribution is -2.70. The molecule has 2 amide bonds. The predicted octanol–water partition coefficient (Wildman–Crippen LogP) is 2.61. The third kappa shape index (κ3) is 2.57. The summed E-state index contributed by atoms with van der Waals surface area (Å²) in [6.45, 7) is 6.29. The molecule has 1 saturated heterocycles. The lowest BCUT2D eigenvalue weighted by molar-refractivity contribution is -0.158. The summed E-state index contributed by atoms with van der Waals surface area (Å²) in [5, 5.41) is 3.07. The number of hydrogen-bond donors (Lipinski definition) is 1. The van der Waals surface area contributed by atoms with Crippen LogP contribution in [0.25, 0.3) is 0 Å². The first-order valence-corrected chi connectivity index (χ1v) is 8.20. The lowest BCUT2D eigenvalue weighted by atomic mass is 9.88. The van der Waals surface area contributed by atoms with Crippen molar-refractivity contribution in [2.75, 3.05) is 0 Å². The average molecular weight is 280 g/mol. The average Bonchev–Trinajstić information content (AvgIpc) is 2.86. The van der Waals surface area contributed by atoms with Crippen molar-refractivity contribution < 1.29 is 9.59 Å². The Labute approximate surface area is 122 Å². The molecule has 2 aliphatic rings. The first-order valence-electron chi connectivity index (χ1n) is 8.20. The largest absolute Gasteiger partial charge is 0.340 e. The van der Waals surface area contributed by atoms with Crippen LogP contribution in [0, 0.1) is 0 Å². The van der Waals surface area contributed by atoms with Crippen LogP contribution >= 0.6 is 0 Å². The van der Waals surface area contributed by atoms with E-state index in [0.717, 1.165) is 51.4 Å². The van der Waals surface area contributed by atoms with Gasteiger partial charge in [-0.3, -0.25) is 9.59 Å². The molecular formula is C16H28N2O2. The highest BCUT2D eigenvalue weighted by atomic mass is 16.2. The van der Waals surface area contributed by atoms with Gasteiger partial charge in [0, 0.05) is 6.04 Å². The molecule has 1 spiro atoms. The van der Waals surface area contributed by atoms with E-state index in [0.29, 0.717) is 0 Å². The quantitative estimate of drug-likeness (QED) is 0.841. The van der Waals surface area contributed by atoms with Crippen LogP contribution < -0.4 is 5.32 Å².